The highest BCUT2D eigenvalue weighted by Gasteiger charge is 2.50. The third-order valence-corrected chi connectivity index (χ3v) is 6.24. The van der Waals surface area contributed by atoms with E-state index in [2.05, 4.69) is 13.8 Å². The fourth-order valence-corrected chi connectivity index (χ4v) is 5.45. The summed E-state index contributed by atoms with van der Waals surface area (Å²) in [6, 6.07) is 0. The Morgan fingerprint density at radius 1 is 0.944 bits per heavy atom. The lowest BCUT2D eigenvalue weighted by Gasteiger charge is -2.54. The maximum atomic E-state index is 12.7. The fraction of sp³-hybridized carbons (Fsp3) is 0.941. The van der Waals surface area contributed by atoms with Crippen molar-refractivity contribution >= 4 is 5.78 Å². The molecule has 4 aliphatic carbocycles. The van der Waals surface area contributed by atoms with Crippen LogP contribution in [-0.4, -0.2) is 5.78 Å². The SMILES string of the molecule is CCC(CC)CC(=O)C1C2CC3CC(C2)CC1C3. The van der Waals surface area contributed by atoms with Crippen molar-refractivity contribution in [1.29, 1.82) is 0 Å². The van der Waals surface area contributed by atoms with Crippen molar-refractivity contribution in [2.75, 3.05) is 0 Å². The largest absolute Gasteiger partial charge is 0.299 e. The molecule has 4 bridgehead atoms. The van der Waals surface area contributed by atoms with Crippen molar-refractivity contribution in [3.8, 4) is 0 Å². The molecular formula is C17H28O. The molecule has 0 spiro atoms. The smallest absolute Gasteiger partial charge is 0.136 e. The summed E-state index contributed by atoms with van der Waals surface area (Å²) in [6.07, 6.45) is 10.2. The Labute approximate surface area is 112 Å². The molecular weight excluding hydrogens is 220 g/mol. The van der Waals surface area contributed by atoms with Crippen LogP contribution in [0.1, 0.15) is 65.2 Å². The van der Waals surface area contributed by atoms with Crippen molar-refractivity contribution in [1.82, 2.24) is 0 Å². The topological polar surface area (TPSA) is 17.1 Å². The van der Waals surface area contributed by atoms with Crippen LogP contribution in [0.4, 0.5) is 0 Å². The van der Waals surface area contributed by atoms with Gasteiger partial charge in [-0.05, 0) is 61.7 Å². The Hall–Kier alpha value is -0.330. The molecule has 0 radical (unpaired) electrons. The van der Waals surface area contributed by atoms with Gasteiger partial charge in [0.15, 0.2) is 0 Å². The highest BCUT2D eigenvalue weighted by Crippen LogP contribution is 2.57. The van der Waals surface area contributed by atoms with E-state index in [0.717, 1.165) is 30.1 Å². The second-order valence-electron chi connectivity index (χ2n) is 7.31. The normalized spacial score (nSPS) is 41.6. The molecule has 4 rings (SSSR count). The van der Waals surface area contributed by atoms with Gasteiger partial charge in [-0.1, -0.05) is 26.7 Å². The number of carbonyl (C=O) groups is 1. The van der Waals surface area contributed by atoms with Gasteiger partial charge in [0.1, 0.15) is 5.78 Å². The zero-order valence-corrected chi connectivity index (χ0v) is 12.0. The van der Waals surface area contributed by atoms with E-state index in [-0.39, 0.29) is 0 Å². The molecule has 0 aliphatic heterocycles. The van der Waals surface area contributed by atoms with E-state index in [0.29, 0.717) is 17.6 Å². The molecule has 102 valence electrons. The van der Waals surface area contributed by atoms with Crippen LogP contribution < -0.4 is 0 Å². The average molecular weight is 248 g/mol. The first-order chi connectivity index (χ1) is 8.71. The highest BCUT2D eigenvalue weighted by atomic mass is 16.1. The second-order valence-corrected chi connectivity index (χ2v) is 7.31. The van der Waals surface area contributed by atoms with E-state index >= 15 is 0 Å². The highest BCUT2D eigenvalue weighted by molar-refractivity contribution is 5.82. The number of carbonyl (C=O) groups excluding carboxylic acids is 1. The van der Waals surface area contributed by atoms with Crippen LogP contribution in [0.2, 0.25) is 0 Å². The summed E-state index contributed by atoms with van der Waals surface area (Å²) in [7, 11) is 0. The average Bonchev–Trinajstić information content (AvgIpc) is 2.34. The number of hydrogen-bond donors (Lipinski definition) is 0. The van der Waals surface area contributed by atoms with E-state index in [4.69, 9.17) is 0 Å². The second kappa shape index (κ2) is 4.98. The Balaban J connectivity index is 1.67. The molecule has 0 atom stereocenters. The number of rotatable bonds is 5. The predicted octanol–water partition coefficient (Wildman–Crippen LogP) is 4.45. The first kappa shape index (κ1) is 12.7. The molecule has 0 heterocycles. The van der Waals surface area contributed by atoms with Gasteiger partial charge in [0.25, 0.3) is 0 Å². The van der Waals surface area contributed by atoms with Crippen LogP contribution in [-0.2, 0) is 4.79 Å². The molecule has 4 saturated carbocycles. The molecule has 0 aromatic carbocycles. The van der Waals surface area contributed by atoms with Gasteiger partial charge in [0, 0.05) is 12.3 Å². The van der Waals surface area contributed by atoms with E-state index < -0.39 is 0 Å². The van der Waals surface area contributed by atoms with Crippen LogP contribution in [0.3, 0.4) is 0 Å². The predicted molar refractivity (Wildman–Crippen MR) is 74.2 cm³/mol. The molecule has 0 saturated heterocycles. The fourth-order valence-electron chi connectivity index (χ4n) is 5.45. The lowest BCUT2D eigenvalue weighted by molar-refractivity contribution is -0.136. The van der Waals surface area contributed by atoms with Gasteiger partial charge in [0.05, 0.1) is 0 Å². The Morgan fingerprint density at radius 3 is 1.89 bits per heavy atom. The first-order valence-corrected chi connectivity index (χ1v) is 8.23. The molecule has 1 nitrogen and oxygen atoms in total. The van der Waals surface area contributed by atoms with Crippen molar-refractivity contribution < 1.29 is 4.79 Å². The molecule has 0 amide bonds. The van der Waals surface area contributed by atoms with E-state index in [1.54, 1.807) is 0 Å². The van der Waals surface area contributed by atoms with Crippen LogP contribution in [0.25, 0.3) is 0 Å². The molecule has 1 heteroatoms. The third kappa shape index (κ3) is 2.14. The molecule has 0 aromatic rings. The molecule has 0 N–H and O–H groups in total. The summed E-state index contributed by atoms with van der Waals surface area (Å²) in [6.45, 7) is 4.47. The van der Waals surface area contributed by atoms with Crippen LogP contribution in [0.15, 0.2) is 0 Å². The van der Waals surface area contributed by atoms with Gasteiger partial charge in [0.2, 0.25) is 0 Å². The summed E-state index contributed by atoms with van der Waals surface area (Å²) < 4.78 is 0. The standard InChI is InChI=1S/C17H28O/c1-3-11(4-2)10-16(18)17-14-6-12-5-13(8-14)9-15(17)7-12/h11-15,17H,3-10H2,1-2H3. The number of ketones is 1. The van der Waals surface area contributed by atoms with Crippen molar-refractivity contribution in [3.05, 3.63) is 0 Å². The van der Waals surface area contributed by atoms with E-state index in [9.17, 15) is 4.79 Å². The minimum Gasteiger partial charge on any atom is -0.299 e. The van der Waals surface area contributed by atoms with Gasteiger partial charge in [-0.2, -0.15) is 0 Å². The summed E-state index contributed by atoms with van der Waals surface area (Å²) >= 11 is 0. The molecule has 4 aliphatic rings. The lowest BCUT2D eigenvalue weighted by Crippen LogP contribution is -2.48. The number of hydrogen-bond acceptors (Lipinski definition) is 1. The zero-order chi connectivity index (χ0) is 12.7. The summed E-state index contributed by atoms with van der Waals surface area (Å²) in [4.78, 5) is 12.7. The van der Waals surface area contributed by atoms with E-state index in [1.165, 1.54) is 44.9 Å². The van der Waals surface area contributed by atoms with Gasteiger partial charge in [-0.3, -0.25) is 4.79 Å². The van der Waals surface area contributed by atoms with Gasteiger partial charge in [-0.25, -0.2) is 0 Å². The Kier molecular flexibility index (Phi) is 3.51. The maximum absolute atomic E-state index is 12.7. The molecule has 0 unspecified atom stereocenters. The van der Waals surface area contributed by atoms with Crippen LogP contribution in [0.5, 0.6) is 0 Å². The van der Waals surface area contributed by atoms with Crippen LogP contribution >= 0.6 is 0 Å². The number of Topliss-reactive ketones (excluding diaryl/α,β-unsaturated/α-hetero) is 1. The summed E-state index contributed by atoms with van der Waals surface area (Å²) in [5.74, 6) is 5.30. The maximum Gasteiger partial charge on any atom is 0.136 e. The van der Waals surface area contributed by atoms with Crippen LogP contribution in [0, 0.1) is 35.5 Å². The first-order valence-electron chi connectivity index (χ1n) is 8.23. The third-order valence-electron chi connectivity index (χ3n) is 6.24. The molecule has 4 fully saturated rings. The van der Waals surface area contributed by atoms with Gasteiger partial charge in [-0.15, -0.1) is 0 Å². The van der Waals surface area contributed by atoms with E-state index in [1.807, 2.05) is 0 Å². The lowest BCUT2D eigenvalue weighted by atomic mass is 9.51. The van der Waals surface area contributed by atoms with Crippen molar-refractivity contribution in [3.63, 3.8) is 0 Å². The van der Waals surface area contributed by atoms with Crippen molar-refractivity contribution in [2.24, 2.45) is 35.5 Å². The zero-order valence-electron chi connectivity index (χ0n) is 12.0. The quantitative estimate of drug-likeness (QED) is 0.702. The minimum absolute atomic E-state index is 0.471. The Bertz CT molecular complexity index is 288. The van der Waals surface area contributed by atoms with Gasteiger partial charge < -0.3 is 0 Å². The monoisotopic (exact) mass is 248 g/mol. The summed E-state index contributed by atoms with van der Waals surface area (Å²) in [5, 5.41) is 0. The van der Waals surface area contributed by atoms with Gasteiger partial charge >= 0.3 is 0 Å². The molecule has 18 heavy (non-hydrogen) atoms. The van der Waals surface area contributed by atoms with Crippen molar-refractivity contribution in [2.45, 2.75) is 65.2 Å². The summed E-state index contributed by atoms with van der Waals surface area (Å²) in [5.41, 5.74) is 0. The Morgan fingerprint density at radius 2 is 1.44 bits per heavy atom. The minimum atomic E-state index is 0.471. The molecule has 0 aromatic heterocycles.